The SMILES string of the molecule is CC(C)(C)OC(=O)NC(Cc1ccc(C2CC(=O)N(C(C)(C)C)S2(=O)=O)c(Cl)c1)c1ncc(-c2ccccc2)n1C(=O)OC(C)(C)C. The first-order chi connectivity index (χ1) is 21.6. The second-order valence-electron chi connectivity index (χ2n) is 14.5. The van der Waals surface area contributed by atoms with Gasteiger partial charge in [0.15, 0.2) is 0 Å². The third kappa shape index (κ3) is 8.34. The predicted molar refractivity (Wildman–Crippen MR) is 179 cm³/mol. The largest absolute Gasteiger partial charge is 0.444 e. The van der Waals surface area contributed by atoms with Gasteiger partial charge in [0.2, 0.25) is 15.9 Å². The van der Waals surface area contributed by atoms with Crippen LogP contribution in [0.4, 0.5) is 9.59 Å². The molecule has 2 atom stereocenters. The van der Waals surface area contributed by atoms with Gasteiger partial charge in [-0.05, 0) is 79.5 Å². The molecule has 4 rings (SSSR count). The van der Waals surface area contributed by atoms with Gasteiger partial charge in [-0.25, -0.2) is 31.9 Å². The van der Waals surface area contributed by atoms with Crippen LogP contribution in [0.5, 0.6) is 0 Å². The summed E-state index contributed by atoms with van der Waals surface area (Å²) in [6.07, 6.45) is -0.0116. The average Bonchev–Trinajstić information content (AvgIpc) is 3.45. The first-order valence-corrected chi connectivity index (χ1v) is 17.2. The number of hydrogen-bond donors (Lipinski definition) is 1. The van der Waals surface area contributed by atoms with E-state index in [4.69, 9.17) is 21.1 Å². The number of sulfonamides is 1. The first kappa shape index (κ1) is 35.9. The Labute approximate surface area is 281 Å². The second-order valence-corrected chi connectivity index (χ2v) is 16.9. The Morgan fingerprint density at radius 3 is 2.13 bits per heavy atom. The monoisotopic (exact) mass is 686 g/mol. The molecule has 2 unspecified atom stereocenters. The van der Waals surface area contributed by atoms with Crippen LogP contribution in [0.3, 0.4) is 0 Å². The van der Waals surface area contributed by atoms with Crippen LogP contribution in [0.1, 0.15) is 97.0 Å². The molecule has 1 N–H and O–H groups in total. The molecule has 47 heavy (non-hydrogen) atoms. The molecule has 1 fully saturated rings. The van der Waals surface area contributed by atoms with Crippen LogP contribution in [-0.4, -0.2) is 57.1 Å². The topological polar surface area (TPSA) is 137 Å². The van der Waals surface area contributed by atoms with Crippen LogP contribution in [0.2, 0.25) is 5.02 Å². The van der Waals surface area contributed by atoms with Crippen LogP contribution in [0.25, 0.3) is 11.3 Å². The number of carbonyl (C=O) groups is 3. The second kappa shape index (κ2) is 13.0. The van der Waals surface area contributed by atoms with Gasteiger partial charge in [-0.3, -0.25) is 4.79 Å². The van der Waals surface area contributed by atoms with E-state index in [-0.39, 0.29) is 23.7 Å². The van der Waals surface area contributed by atoms with Crippen molar-refractivity contribution in [1.82, 2.24) is 19.2 Å². The number of nitrogens with zero attached hydrogens (tertiary/aromatic N) is 3. The van der Waals surface area contributed by atoms with E-state index >= 15 is 0 Å². The number of benzene rings is 2. The van der Waals surface area contributed by atoms with Gasteiger partial charge < -0.3 is 14.8 Å². The van der Waals surface area contributed by atoms with Crippen LogP contribution < -0.4 is 5.32 Å². The molecular weight excluding hydrogens is 644 g/mol. The summed E-state index contributed by atoms with van der Waals surface area (Å²) in [6, 6.07) is 13.1. The molecule has 3 aromatic rings. The van der Waals surface area contributed by atoms with Gasteiger partial charge in [0.25, 0.3) is 0 Å². The van der Waals surface area contributed by atoms with E-state index in [0.717, 1.165) is 4.31 Å². The van der Waals surface area contributed by atoms with E-state index in [1.165, 1.54) is 10.8 Å². The molecule has 0 bridgehead atoms. The van der Waals surface area contributed by atoms with E-state index < -0.39 is 56.1 Å². The van der Waals surface area contributed by atoms with E-state index in [0.29, 0.717) is 22.4 Å². The van der Waals surface area contributed by atoms with Crippen molar-refractivity contribution in [3.8, 4) is 11.3 Å². The maximum absolute atomic E-state index is 13.7. The molecule has 0 spiro atoms. The van der Waals surface area contributed by atoms with Crippen molar-refractivity contribution in [3.05, 3.63) is 76.7 Å². The zero-order valence-electron chi connectivity index (χ0n) is 28.3. The fourth-order valence-corrected chi connectivity index (χ4v) is 8.07. The number of halogens is 1. The summed E-state index contributed by atoms with van der Waals surface area (Å²) in [6.45, 7) is 15.5. The zero-order chi connectivity index (χ0) is 35.1. The molecule has 254 valence electrons. The Bertz CT molecular complexity index is 1770. The Morgan fingerprint density at radius 2 is 1.60 bits per heavy atom. The van der Waals surface area contributed by atoms with Crippen molar-refractivity contribution in [2.24, 2.45) is 0 Å². The Morgan fingerprint density at radius 1 is 0.979 bits per heavy atom. The fourth-order valence-electron chi connectivity index (χ4n) is 5.42. The molecule has 0 saturated carbocycles. The van der Waals surface area contributed by atoms with Gasteiger partial charge in [-0.1, -0.05) is 54.1 Å². The lowest BCUT2D eigenvalue weighted by molar-refractivity contribution is -0.128. The first-order valence-electron chi connectivity index (χ1n) is 15.3. The van der Waals surface area contributed by atoms with Crippen molar-refractivity contribution in [2.75, 3.05) is 0 Å². The summed E-state index contributed by atoms with van der Waals surface area (Å²) in [4.78, 5) is 44.2. The lowest BCUT2D eigenvalue weighted by atomic mass is 10.0. The van der Waals surface area contributed by atoms with Gasteiger partial charge in [0.1, 0.15) is 22.3 Å². The minimum Gasteiger partial charge on any atom is -0.444 e. The number of aromatic nitrogens is 2. The van der Waals surface area contributed by atoms with Gasteiger partial charge in [0.05, 0.1) is 29.9 Å². The normalized spacial score (nSPS) is 17.4. The van der Waals surface area contributed by atoms with Gasteiger partial charge >= 0.3 is 12.2 Å². The summed E-state index contributed by atoms with van der Waals surface area (Å²) >= 11 is 6.71. The quantitative estimate of drug-likeness (QED) is 0.288. The number of alkyl carbamates (subject to hydrolysis) is 1. The minimum atomic E-state index is -4.02. The number of imidazole rings is 1. The van der Waals surface area contributed by atoms with E-state index in [9.17, 15) is 22.8 Å². The maximum Gasteiger partial charge on any atom is 0.420 e. The van der Waals surface area contributed by atoms with Crippen molar-refractivity contribution in [1.29, 1.82) is 0 Å². The molecule has 2 amide bonds. The highest BCUT2D eigenvalue weighted by atomic mass is 35.5. The zero-order valence-corrected chi connectivity index (χ0v) is 29.8. The summed E-state index contributed by atoms with van der Waals surface area (Å²) in [5.41, 5.74) is -0.486. The van der Waals surface area contributed by atoms with Crippen molar-refractivity contribution in [3.63, 3.8) is 0 Å². The number of amides is 2. The fraction of sp³-hybridized carbons (Fsp3) is 0.471. The maximum atomic E-state index is 13.7. The highest BCUT2D eigenvalue weighted by Gasteiger charge is 2.50. The lowest BCUT2D eigenvalue weighted by Gasteiger charge is -2.31. The minimum absolute atomic E-state index is 0.0950. The molecule has 0 radical (unpaired) electrons. The van der Waals surface area contributed by atoms with Crippen molar-refractivity contribution in [2.45, 2.75) is 103 Å². The molecule has 2 heterocycles. The van der Waals surface area contributed by atoms with E-state index in [1.54, 1.807) is 80.5 Å². The highest BCUT2D eigenvalue weighted by Crippen LogP contribution is 2.43. The lowest BCUT2D eigenvalue weighted by Crippen LogP contribution is -2.45. The molecule has 13 heteroatoms. The van der Waals surface area contributed by atoms with Crippen molar-refractivity contribution >= 4 is 39.7 Å². The van der Waals surface area contributed by atoms with Crippen LogP contribution in [0.15, 0.2) is 54.7 Å². The van der Waals surface area contributed by atoms with Gasteiger partial charge in [-0.2, -0.15) is 0 Å². The predicted octanol–water partition coefficient (Wildman–Crippen LogP) is 7.20. The summed E-state index contributed by atoms with van der Waals surface area (Å²) < 4.78 is 40.4. The molecule has 0 aliphatic carbocycles. The number of nitrogens with one attached hydrogen (secondary N) is 1. The highest BCUT2D eigenvalue weighted by molar-refractivity contribution is 7.90. The summed E-state index contributed by atoms with van der Waals surface area (Å²) in [5, 5.41) is 1.86. The number of carbonyl (C=O) groups excluding carboxylic acids is 3. The smallest absolute Gasteiger partial charge is 0.420 e. The van der Waals surface area contributed by atoms with Gasteiger partial charge in [-0.15, -0.1) is 0 Å². The van der Waals surface area contributed by atoms with E-state index in [1.807, 2.05) is 30.3 Å². The van der Waals surface area contributed by atoms with Crippen LogP contribution >= 0.6 is 11.6 Å². The number of ether oxygens (including phenoxy) is 2. The van der Waals surface area contributed by atoms with E-state index in [2.05, 4.69) is 10.3 Å². The molecule has 11 nitrogen and oxygen atoms in total. The third-order valence-corrected chi connectivity index (χ3v) is 9.83. The Balaban J connectivity index is 1.77. The Hall–Kier alpha value is -3.90. The van der Waals surface area contributed by atoms with Gasteiger partial charge in [0, 0.05) is 17.0 Å². The molecule has 1 aliphatic heterocycles. The van der Waals surface area contributed by atoms with Crippen LogP contribution in [0, 0.1) is 0 Å². The number of hydrogen-bond acceptors (Lipinski definition) is 8. The third-order valence-electron chi connectivity index (χ3n) is 7.10. The standard InChI is InChI=1S/C34H43ClN4O7S/c1-32(2,3)39-28(40)19-27(47(39,43)44)23-16-15-21(17-24(23)35)18-25(37-30(41)45-33(4,5)6)29-36-20-26(22-13-11-10-12-14-22)38(29)31(42)46-34(7,8)9/h10-17,20,25,27H,18-19H2,1-9H3,(H,37,41). The molecular formula is C34H43ClN4O7S. The molecule has 1 aromatic heterocycles. The summed E-state index contributed by atoms with van der Waals surface area (Å²) in [7, 11) is -4.02. The van der Waals surface area contributed by atoms with Crippen molar-refractivity contribution < 1.29 is 32.3 Å². The Kier molecular flexibility index (Phi) is 9.91. The average molecular weight is 687 g/mol. The molecule has 1 aliphatic rings. The molecule has 1 saturated heterocycles. The molecule has 2 aromatic carbocycles. The summed E-state index contributed by atoms with van der Waals surface area (Å²) in [5.74, 6) is -0.304. The number of rotatable bonds is 6. The van der Waals surface area contributed by atoms with Crippen LogP contribution in [-0.2, 0) is 30.7 Å².